The number of alkyl halides is 3. The molecular weight excluding hydrogens is 338 g/mol. The van der Waals surface area contributed by atoms with Crippen LogP contribution in [0.5, 0.6) is 5.88 Å². The third-order valence-electron chi connectivity index (χ3n) is 3.97. The lowest BCUT2D eigenvalue weighted by atomic mass is 10.0. The zero-order chi connectivity index (χ0) is 18.5. The highest BCUT2D eigenvalue weighted by Crippen LogP contribution is 2.34. The number of nitrogens with zero attached hydrogens (tertiary/aromatic N) is 3. The zero-order valence-electron chi connectivity index (χ0n) is 13.7. The van der Waals surface area contributed by atoms with Crippen LogP contribution in [0, 0.1) is 12.7 Å². The molecule has 0 saturated heterocycles. The van der Waals surface area contributed by atoms with Crippen LogP contribution in [0.25, 0.3) is 16.9 Å². The minimum Gasteiger partial charge on any atom is -0.493 e. The highest BCUT2D eigenvalue weighted by Gasteiger charge is 2.30. The minimum atomic E-state index is -4.47. The van der Waals surface area contributed by atoms with E-state index in [9.17, 15) is 22.7 Å². The van der Waals surface area contributed by atoms with Gasteiger partial charge in [-0.2, -0.15) is 22.8 Å². The van der Waals surface area contributed by atoms with Crippen molar-refractivity contribution in [3.05, 3.63) is 46.9 Å². The van der Waals surface area contributed by atoms with E-state index >= 15 is 0 Å². The maximum absolute atomic E-state index is 14.7. The van der Waals surface area contributed by atoms with Gasteiger partial charge in [0, 0.05) is 16.8 Å². The third kappa shape index (κ3) is 2.81. The summed E-state index contributed by atoms with van der Waals surface area (Å²) in [6.07, 6.45) is -4.47. The Bertz CT molecular complexity index is 943. The summed E-state index contributed by atoms with van der Waals surface area (Å²) in [7, 11) is 0. The molecule has 0 aliphatic rings. The molecule has 0 bridgehead atoms. The molecule has 0 aliphatic carbocycles. The summed E-state index contributed by atoms with van der Waals surface area (Å²) in [5, 5.41) is 14.4. The van der Waals surface area contributed by atoms with E-state index in [-0.39, 0.29) is 28.7 Å². The Kier molecular flexibility index (Phi) is 3.93. The molecule has 0 saturated carbocycles. The molecule has 0 amide bonds. The highest BCUT2D eigenvalue weighted by atomic mass is 19.4. The van der Waals surface area contributed by atoms with Crippen molar-refractivity contribution in [3.8, 4) is 17.1 Å². The first-order valence-electron chi connectivity index (χ1n) is 7.56. The van der Waals surface area contributed by atoms with Crippen molar-refractivity contribution in [2.24, 2.45) is 0 Å². The normalized spacial score (nSPS) is 12.3. The maximum atomic E-state index is 14.7. The van der Waals surface area contributed by atoms with Gasteiger partial charge in [0.1, 0.15) is 5.69 Å². The number of benzene rings is 1. The van der Waals surface area contributed by atoms with Crippen molar-refractivity contribution in [1.82, 2.24) is 14.6 Å². The van der Waals surface area contributed by atoms with Crippen LogP contribution >= 0.6 is 0 Å². The number of aromatic hydroxyl groups is 1. The molecule has 0 spiro atoms. The van der Waals surface area contributed by atoms with Crippen LogP contribution in [-0.2, 0) is 6.18 Å². The molecule has 1 aromatic carbocycles. The highest BCUT2D eigenvalue weighted by molar-refractivity contribution is 5.66. The van der Waals surface area contributed by atoms with Gasteiger partial charge in [-0.15, -0.1) is 0 Å². The Balaban J connectivity index is 2.18. The van der Waals surface area contributed by atoms with E-state index < -0.39 is 17.6 Å². The summed E-state index contributed by atoms with van der Waals surface area (Å²) in [6.45, 7) is 5.36. The van der Waals surface area contributed by atoms with Crippen LogP contribution < -0.4 is 0 Å². The van der Waals surface area contributed by atoms with Gasteiger partial charge < -0.3 is 5.11 Å². The first-order valence-corrected chi connectivity index (χ1v) is 7.56. The van der Waals surface area contributed by atoms with Crippen LogP contribution in [0.1, 0.15) is 36.6 Å². The molecule has 0 unspecified atom stereocenters. The smallest absolute Gasteiger partial charge is 0.416 e. The molecule has 3 rings (SSSR count). The second kappa shape index (κ2) is 5.72. The second-order valence-electron chi connectivity index (χ2n) is 6.06. The van der Waals surface area contributed by atoms with Crippen LogP contribution in [0.3, 0.4) is 0 Å². The van der Waals surface area contributed by atoms with Crippen LogP contribution in [0.15, 0.2) is 24.3 Å². The first-order chi connectivity index (χ1) is 11.6. The molecule has 132 valence electrons. The predicted molar refractivity (Wildman–Crippen MR) is 83.9 cm³/mol. The molecule has 1 N–H and O–H groups in total. The molecule has 2 heterocycles. The lowest BCUT2D eigenvalue weighted by molar-refractivity contribution is -0.137. The van der Waals surface area contributed by atoms with E-state index in [1.807, 2.05) is 13.8 Å². The van der Waals surface area contributed by atoms with Gasteiger partial charge >= 0.3 is 6.18 Å². The first kappa shape index (κ1) is 17.2. The van der Waals surface area contributed by atoms with Crippen LogP contribution in [0.2, 0.25) is 0 Å². The number of aryl methyl sites for hydroxylation is 1. The van der Waals surface area contributed by atoms with Gasteiger partial charge in [-0.3, -0.25) is 0 Å². The van der Waals surface area contributed by atoms with Crippen molar-refractivity contribution in [2.45, 2.75) is 32.9 Å². The number of aromatic nitrogens is 3. The molecule has 25 heavy (non-hydrogen) atoms. The number of fused-ring (bicyclic) bond motifs is 1. The van der Waals surface area contributed by atoms with E-state index in [1.165, 1.54) is 0 Å². The zero-order valence-corrected chi connectivity index (χ0v) is 13.7. The Labute approximate surface area is 140 Å². The summed E-state index contributed by atoms with van der Waals surface area (Å²) in [4.78, 5) is 4.15. The Morgan fingerprint density at radius 1 is 1.12 bits per heavy atom. The summed E-state index contributed by atoms with van der Waals surface area (Å²) in [5.74, 6) is -1.08. The summed E-state index contributed by atoms with van der Waals surface area (Å²) >= 11 is 0. The fourth-order valence-electron chi connectivity index (χ4n) is 2.81. The number of rotatable bonds is 2. The SMILES string of the molecule is Cc1nc2c(F)c(-c3ccc(C(F)(F)F)cc3)nn2c(O)c1C(C)C. The lowest BCUT2D eigenvalue weighted by Gasteiger charge is -2.11. The fourth-order valence-corrected chi connectivity index (χ4v) is 2.81. The summed E-state index contributed by atoms with van der Waals surface area (Å²) in [6, 6.07) is 4.00. The van der Waals surface area contributed by atoms with Gasteiger partial charge in [0.2, 0.25) is 5.88 Å². The van der Waals surface area contributed by atoms with Crippen molar-refractivity contribution in [3.63, 3.8) is 0 Å². The predicted octanol–water partition coefficient (Wildman–Crippen LogP) is 4.69. The van der Waals surface area contributed by atoms with Crippen molar-refractivity contribution in [2.75, 3.05) is 0 Å². The molecule has 4 nitrogen and oxygen atoms in total. The summed E-state index contributed by atoms with van der Waals surface area (Å²) in [5.41, 5.74) is -0.00338. The maximum Gasteiger partial charge on any atom is 0.416 e. The molecule has 0 radical (unpaired) electrons. The minimum absolute atomic E-state index is 0.0568. The monoisotopic (exact) mass is 353 g/mol. The van der Waals surface area contributed by atoms with Crippen molar-refractivity contribution in [1.29, 1.82) is 0 Å². The molecule has 0 aliphatic heterocycles. The molecule has 2 aromatic heterocycles. The van der Waals surface area contributed by atoms with E-state index in [0.717, 1.165) is 28.8 Å². The molecular formula is C17H15F4N3O. The van der Waals surface area contributed by atoms with E-state index in [4.69, 9.17) is 0 Å². The molecule has 0 atom stereocenters. The standard InChI is InChI=1S/C17H15F4N3O/c1-8(2)12-9(3)22-15-13(18)14(23-24(15)16(12)25)10-4-6-11(7-5-10)17(19,20)21/h4-8,25H,1-3H3. The number of hydrogen-bond acceptors (Lipinski definition) is 3. The fraction of sp³-hybridized carbons (Fsp3) is 0.294. The average Bonchev–Trinajstić information content (AvgIpc) is 2.84. The topological polar surface area (TPSA) is 50.4 Å². The van der Waals surface area contributed by atoms with E-state index in [0.29, 0.717) is 11.3 Å². The van der Waals surface area contributed by atoms with Gasteiger partial charge in [-0.25, -0.2) is 9.37 Å². The molecule has 0 fully saturated rings. The Hall–Kier alpha value is -2.64. The van der Waals surface area contributed by atoms with Gasteiger partial charge in [0.25, 0.3) is 0 Å². The van der Waals surface area contributed by atoms with E-state index in [2.05, 4.69) is 10.1 Å². The largest absolute Gasteiger partial charge is 0.493 e. The molecule has 8 heteroatoms. The Morgan fingerprint density at radius 2 is 1.72 bits per heavy atom. The number of halogens is 4. The van der Waals surface area contributed by atoms with Crippen molar-refractivity contribution >= 4 is 5.65 Å². The lowest BCUT2D eigenvalue weighted by Crippen LogP contribution is -2.04. The second-order valence-corrected chi connectivity index (χ2v) is 6.06. The molecule has 3 aromatic rings. The van der Waals surface area contributed by atoms with E-state index in [1.54, 1.807) is 6.92 Å². The van der Waals surface area contributed by atoms with Crippen LogP contribution in [0.4, 0.5) is 17.6 Å². The van der Waals surface area contributed by atoms with Gasteiger partial charge in [-0.1, -0.05) is 26.0 Å². The third-order valence-corrected chi connectivity index (χ3v) is 3.97. The quantitative estimate of drug-likeness (QED) is 0.680. The van der Waals surface area contributed by atoms with Gasteiger partial charge in [-0.05, 0) is 25.0 Å². The Morgan fingerprint density at radius 3 is 2.24 bits per heavy atom. The summed E-state index contributed by atoms with van der Waals surface area (Å²) < 4.78 is 53.6. The van der Waals surface area contributed by atoms with Gasteiger partial charge in [0.05, 0.1) is 5.56 Å². The van der Waals surface area contributed by atoms with Crippen molar-refractivity contribution < 1.29 is 22.7 Å². The number of hydrogen-bond donors (Lipinski definition) is 1. The van der Waals surface area contributed by atoms with Crippen LogP contribution in [-0.4, -0.2) is 19.7 Å². The van der Waals surface area contributed by atoms with Gasteiger partial charge in [0.15, 0.2) is 11.5 Å². The average molecular weight is 353 g/mol.